The van der Waals surface area contributed by atoms with Gasteiger partial charge in [0.2, 0.25) is 0 Å². The van der Waals surface area contributed by atoms with E-state index in [2.05, 4.69) is 9.47 Å². The van der Waals surface area contributed by atoms with Gasteiger partial charge in [-0.25, -0.2) is 9.59 Å². The molecule has 0 aromatic heterocycles. The van der Waals surface area contributed by atoms with Crippen molar-refractivity contribution in [1.29, 1.82) is 0 Å². The summed E-state index contributed by atoms with van der Waals surface area (Å²) in [5.41, 5.74) is 2.28. The van der Waals surface area contributed by atoms with Gasteiger partial charge < -0.3 is 9.47 Å². The third kappa shape index (κ3) is 3.49. The average molecular weight is 300 g/mol. The number of methoxy groups -OCH3 is 2. The molecule has 0 aliphatic heterocycles. The van der Waals surface area contributed by atoms with Crippen molar-refractivity contribution in [3.8, 4) is 0 Å². The first kappa shape index (κ1) is 15.7. The maximum atomic E-state index is 12.0. The summed E-state index contributed by atoms with van der Waals surface area (Å²) in [6, 6.07) is 6.76. The van der Waals surface area contributed by atoms with Crippen molar-refractivity contribution in [2.24, 2.45) is 0 Å². The van der Waals surface area contributed by atoms with Gasteiger partial charge >= 0.3 is 11.9 Å². The van der Waals surface area contributed by atoms with Gasteiger partial charge in [-0.05, 0) is 42.7 Å². The Labute approximate surface area is 128 Å². The summed E-state index contributed by atoms with van der Waals surface area (Å²) in [5.74, 6) is -1.06. The minimum atomic E-state index is -0.463. The first-order valence-corrected chi connectivity index (χ1v) is 6.77. The first-order chi connectivity index (χ1) is 10.5. The Morgan fingerprint density at radius 3 is 2.18 bits per heavy atom. The van der Waals surface area contributed by atoms with E-state index in [1.807, 2.05) is 0 Å². The number of carbonyl (C=O) groups is 3. The molecule has 0 unspecified atom stereocenters. The van der Waals surface area contributed by atoms with Gasteiger partial charge in [0.25, 0.3) is 0 Å². The molecule has 0 N–H and O–H groups in total. The van der Waals surface area contributed by atoms with E-state index >= 15 is 0 Å². The van der Waals surface area contributed by atoms with E-state index in [-0.39, 0.29) is 5.78 Å². The van der Waals surface area contributed by atoms with E-state index in [4.69, 9.17) is 0 Å². The summed E-state index contributed by atoms with van der Waals surface area (Å²) in [7, 11) is 2.62. The molecule has 0 atom stereocenters. The summed E-state index contributed by atoms with van der Waals surface area (Å²) in [6.45, 7) is 0. The quantitative estimate of drug-likeness (QED) is 0.633. The molecule has 1 aromatic carbocycles. The highest BCUT2D eigenvalue weighted by Gasteiger charge is 2.20. The van der Waals surface area contributed by atoms with Gasteiger partial charge in [-0.1, -0.05) is 12.1 Å². The van der Waals surface area contributed by atoms with Crippen LogP contribution in [0.3, 0.4) is 0 Å². The van der Waals surface area contributed by atoms with Crippen LogP contribution in [-0.2, 0) is 19.1 Å². The first-order valence-electron chi connectivity index (χ1n) is 6.77. The summed E-state index contributed by atoms with van der Waals surface area (Å²) < 4.78 is 9.24. The van der Waals surface area contributed by atoms with Gasteiger partial charge in [0.15, 0.2) is 5.78 Å². The highest BCUT2D eigenvalue weighted by atomic mass is 16.5. The van der Waals surface area contributed by atoms with Gasteiger partial charge in [0, 0.05) is 11.1 Å². The number of hydrogen-bond donors (Lipinski definition) is 0. The minimum absolute atomic E-state index is 0.191. The van der Waals surface area contributed by atoms with E-state index in [1.165, 1.54) is 20.3 Å². The predicted octanol–water partition coefficient (Wildman–Crippen LogP) is 2.32. The van der Waals surface area contributed by atoms with Crippen molar-refractivity contribution >= 4 is 23.8 Å². The highest BCUT2D eigenvalue weighted by Crippen LogP contribution is 2.23. The third-order valence-electron chi connectivity index (χ3n) is 3.41. The second-order valence-electron chi connectivity index (χ2n) is 4.81. The van der Waals surface area contributed by atoms with Crippen molar-refractivity contribution < 1.29 is 23.9 Å². The van der Waals surface area contributed by atoms with Crippen molar-refractivity contribution in [3.05, 3.63) is 52.6 Å². The van der Waals surface area contributed by atoms with Gasteiger partial charge in [-0.15, -0.1) is 0 Å². The van der Waals surface area contributed by atoms with Crippen LogP contribution in [0.4, 0.5) is 0 Å². The number of allylic oxidation sites excluding steroid dienone is 2. The molecular formula is C17H16O5. The number of carbonyl (C=O) groups excluding carboxylic acids is 3. The lowest BCUT2D eigenvalue weighted by Crippen LogP contribution is -2.14. The Bertz CT molecular complexity index is 665. The monoisotopic (exact) mass is 300 g/mol. The zero-order valence-corrected chi connectivity index (χ0v) is 12.4. The molecule has 0 saturated heterocycles. The standard InChI is InChI=1S/C17H16O5/c1-21-16(19)12-5-3-11(4-6-12)9-13-7-8-14(10-15(13)18)17(20)22-2/h3-6,9-10H,7-8H2,1-2H3/b13-9+. The maximum Gasteiger partial charge on any atom is 0.337 e. The van der Waals surface area contributed by atoms with Crippen molar-refractivity contribution in [1.82, 2.24) is 0 Å². The molecule has 0 fully saturated rings. The molecule has 0 saturated carbocycles. The molecule has 5 heteroatoms. The summed E-state index contributed by atoms with van der Waals surface area (Å²) in [4.78, 5) is 34.8. The molecule has 0 heterocycles. The van der Waals surface area contributed by atoms with Gasteiger partial charge in [0.05, 0.1) is 19.8 Å². The van der Waals surface area contributed by atoms with Crippen molar-refractivity contribution in [3.63, 3.8) is 0 Å². The zero-order valence-electron chi connectivity index (χ0n) is 12.4. The SMILES string of the molecule is COC(=O)C1=CC(=O)/C(=C/c2ccc(C(=O)OC)cc2)CC1. The van der Waals surface area contributed by atoms with E-state index in [1.54, 1.807) is 30.3 Å². The molecule has 114 valence electrons. The maximum absolute atomic E-state index is 12.0. The van der Waals surface area contributed by atoms with Crippen LogP contribution in [0, 0.1) is 0 Å². The van der Waals surface area contributed by atoms with Crippen molar-refractivity contribution in [2.75, 3.05) is 14.2 Å². The van der Waals surface area contributed by atoms with E-state index in [0.717, 1.165) is 5.56 Å². The van der Waals surface area contributed by atoms with Crippen LogP contribution in [0.5, 0.6) is 0 Å². The lowest BCUT2D eigenvalue weighted by Gasteiger charge is -2.13. The van der Waals surface area contributed by atoms with E-state index < -0.39 is 11.9 Å². The third-order valence-corrected chi connectivity index (χ3v) is 3.41. The van der Waals surface area contributed by atoms with Crippen molar-refractivity contribution in [2.45, 2.75) is 12.8 Å². The molecule has 0 amide bonds. The fraction of sp³-hybridized carbons (Fsp3) is 0.235. The lowest BCUT2D eigenvalue weighted by molar-refractivity contribution is -0.136. The van der Waals surface area contributed by atoms with E-state index in [0.29, 0.717) is 29.6 Å². The molecule has 1 aromatic rings. The molecular weight excluding hydrogens is 284 g/mol. The van der Waals surface area contributed by atoms with Gasteiger partial charge in [-0.2, -0.15) is 0 Å². The number of benzene rings is 1. The number of rotatable bonds is 3. The number of esters is 2. The largest absolute Gasteiger partial charge is 0.466 e. The second kappa shape index (κ2) is 6.85. The van der Waals surface area contributed by atoms with Crippen LogP contribution in [0.2, 0.25) is 0 Å². The van der Waals surface area contributed by atoms with Crippen LogP contribution in [-0.4, -0.2) is 31.9 Å². The molecule has 5 nitrogen and oxygen atoms in total. The normalized spacial score (nSPS) is 16.2. The van der Waals surface area contributed by atoms with Gasteiger partial charge in [-0.3, -0.25) is 4.79 Å². The Morgan fingerprint density at radius 2 is 1.64 bits per heavy atom. The molecule has 0 bridgehead atoms. The lowest BCUT2D eigenvalue weighted by atomic mass is 9.92. The highest BCUT2D eigenvalue weighted by molar-refractivity contribution is 6.12. The smallest absolute Gasteiger partial charge is 0.337 e. The minimum Gasteiger partial charge on any atom is -0.466 e. The Balaban J connectivity index is 2.17. The fourth-order valence-corrected chi connectivity index (χ4v) is 2.19. The zero-order chi connectivity index (χ0) is 16.1. The number of ketones is 1. The fourth-order valence-electron chi connectivity index (χ4n) is 2.19. The Kier molecular flexibility index (Phi) is 4.88. The molecule has 0 radical (unpaired) electrons. The van der Waals surface area contributed by atoms with Crippen LogP contribution in [0.1, 0.15) is 28.8 Å². The summed E-state index contributed by atoms with van der Waals surface area (Å²) >= 11 is 0. The molecule has 22 heavy (non-hydrogen) atoms. The molecule has 1 aliphatic carbocycles. The average Bonchev–Trinajstić information content (AvgIpc) is 2.55. The topological polar surface area (TPSA) is 69.7 Å². The van der Waals surface area contributed by atoms with Crippen LogP contribution in [0.25, 0.3) is 6.08 Å². The van der Waals surface area contributed by atoms with Gasteiger partial charge in [0.1, 0.15) is 0 Å². The Morgan fingerprint density at radius 1 is 1.00 bits per heavy atom. The summed E-state index contributed by atoms with van der Waals surface area (Å²) in [5, 5.41) is 0. The van der Waals surface area contributed by atoms with E-state index in [9.17, 15) is 14.4 Å². The number of ether oxygens (including phenoxy) is 2. The van der Waals surface area contributed by atoms with Crippen LogP contribution in [0.15, 0.2) is 41.5 Å². The van der Waals surface area contributed by atoms with Crippen LogP contribution >= 0.6 is 0 Å². The molecule has 1 aliphatic rings. The molecule has 2 rings (SSSR count). The predicted molar refractivity (Wildman–Crippen MR) is 80.1 cm³/mol. The molecule has 0 spiro atoms. The Hall–Kier alpha value is -2.69. The second-order valence-corrected chi connectivity index (χ2v) is 4.81. The van der Waals surface area contributed by atoms with Crippen LogP contribution < -0.4 is 0 Å². The number of hydrogen-bond acceptors (Lipinski definition) is 5. The summed E-state index contributed by atoms with van der Waals surface area (Å²) in [6.07, 6.45) is 4.04.